The number of carbonyl (C=O) groups excluding carboxylic acids is 1. The summed E-state index contributed by atoms with van der Waals surface area (Å²) in [6, 6.07) is 22.0. The zero-order chi connectivity index (χ0) is 23.4. The third-order valence-electron chi connectivity index (χ3n) is 4.96. The normalized spacial score (nSPS) is 11.2. The van der Waals surface area contributed by atoms with Gasteiger partial charge in [-0.05, 0) is 62.4 Å². The molecule has 0 amide bonds. The highest BCUT2D eigenvalue weighted by atomic mass is 32.2. The Hall–Kier alpha value is -3.91. The van der Waals surface area contributed by atoms with Crippen LogP contribution in [0.15, 0.2) is 88.2 Å². The van der Waals surface area contributed by atoms with Crippen molar-refractivity contribution in [3.63, 3.8) is 0 Å². The third kappa shape index (κ3) is 5.30. The van der Waals surface area contributed by atoms with E-state index in [1.807, 2.05) is 49.4 Å². The van der Waals surface area contributed by atoms with E-state index < -0.39 is 16.0 Å². The van der Waals surface area contributed by atoms with Crippen LogP contribution in [0.1, 0.15) is 27.4 Å². The smallest absolute Gasteiger partial charge is 0.338 e. The molecule has 1 heterocycles. The number of carbonyl (C=O) groups is 1. The van der Waals surface area contributed by atoms with E-state index in [1.54, 1.807) is 19.1 Å². The third-order valence-corrected chi connectivity index (χ3v) is 6.35. The van der Waals surface area contributed by atoms with E-state index in [-0.39, 0.29) is 17.1 Å². The molecule has 7 nitrogen and oxygen atoms in total. The highest BCUT2D eigenvalue weighted by molar-refractivity contribution is 7.92. The molecule has 1 N–H and O–H groups in total. The van der Waals surface area contributed by atoms with E-state index in [9.17, 15) is 13.2 Å². The summed E-state index contributed by atoms with van der Waals surface area (Å²) < 4.78 is 38.7. The first-order valence-electron chi connectivity index (χ1n) is 10.2. The number of ether oxygens (including phenoxy) is 1. The van der Waals surface area contributed by atoms with E-state index in [4.69, 9.17) is 9.15 Å². The summed E-state index contributed by atoms with van der Waals surface area (Å²) in [5, 5.41) is 0. The first-order chi connectivity index (χ1) is 15.8. The zero-order valence-corrected chi connectivity index (χ0v) is 18.9. The van der Waals surface area contributed by atoms with Crippen LogP contribution in [-0.2, 0) is 21.4 Å². The number of nitrogens with zero attached hydrogens (tertiary/aromatic N) is 1. The molecule has 4 rings (SSSR count). The van der Waals surface area contributed by atoms with Crippen molar-refractivity contribution in [3.8, 4) is 11.5 Å². The molecule has 0 unspecified atom stereocenters. The van der Waals surface area contributed by atoms with Gasteiger partial charge in [-0.1, -0.05) is 35.9 Å². The maximum atomic E-state index is 12.6. The molecule has 0 saturated heterocycles. The van der Waals surface area contributed by atoms with Crippen molar-refractivity contribution in [2.45, 2.75) is 25.3 Å². The highest BCUT2D eigenvalue weighted by Crippen LogP contribution is 2.22. The number of sulfonamides is 1. The van der Waals surface area contributed by atoms with Crippen LogP contribution < -0.4 is 4.72 Å². The lowest BCUT2D eigenvalue weighted by molar-refractivity contribution is 0.0467. The van der Waals surface area contributed by atoms with Gasteiger partial charge in [0.05, 0.1) is 10.5 Å². The Kier molecular flexibility index (Phi) is 6.28. The van der Waals surface area contributed by atoms with Crippen LogP contribution in [0.25, 0.3) is 11.5 Å². The summed E-state index contributed by atoms with van der Waals surface area (Å²) in [5.74, 6) is 0.425. The highest BCUT2D eigenvalue weighted by Gasteiger charge is 2.17. The molecule has 0 saturated carbocycles. The molecule has 0 aliphatic rings. The Bertz CT molecular complexity index is 1360. The summed E-state index contributed by atoms with van der Waals surface area (Å²) in [5.41, 5.74) is 3.06. The van der Waals surface area contributed by atoms with E-state index in [0.717, 1.165) is 11.1 Å². The van der Waals surface area contributed by atoms with E-state index in [1.165, 1.54) is 24.3 Å². The Morgan fingerprint density at radius 2 is 1.61 bits per heavy atom. The lowest BCUT2D eigenvalue weighted by atomic mass is 10.2. The molecule has 33 heavy (non-hydrogen) atoms. The Labute approximate surface area is 192 Å². The summed E-state index contributed by atoms with van der Waals surface area (Å²) in [4.78, 5) is 16.9. The van der Waals surface area contributed by atoms with Crippen molar-refractivity contribution in [2.24, 2.45) is 0 Å². The zero-order valence-electron chi connectivity index (χ0n) is 18.1. The predicted molar refractivity (Wildman–Crippen MR) is 124 cm³/mol. The van der Waals surface area contributed by atoms with Gasteiger partial charge in [0.15, 0.2) is 0 Å². The Morgan fingerprint density at radius 3 is 2.27 bits per heavy atom. The monoisotopic (exact) mass is 462 g/mol. The van der Waals surface area contributed by atoms with Crippen LogP contribution in [0.2, 0.25) is 0 Å². The van der Waals surface area contributed by atoms with E-state index in [0.29, 0.717) is 23.0 Å². The molecular formula is C25H22N2O5S. The van der Waals surface area contributed by atoms with Crippen molar-refractivity contribution < 1.29 is 22.4 Å². The van der Waals surface area contributed by atoms with Crippen LogP contribution in [-0.4, -0.2) is 19.4 Å². The summed E-state index contributed by atoms with van der Waals surface area (Å²) in [7, 11) is -3.78. The first-order valence-corrected chi connectivity index (χ1v) is 11.7. The summed E-state index contributed by atoms with van der Waals surface area (Å²) in [6.07, 6.45) is 0. The van der Waals surface area contributed by atoms with Crippen molar-refractivity contribution >= 4 is 21.7 Å². The van der Waals surface area contributed by atoms with Crippen LogP contribution >= 0.6 is 0 Å². The lowest BCUT2D eigenvalue weighted by Gasteiger charge is -2.09. The molecule has 0 fully saturated rings. The first kappa shape index (κ1) is 22.3. The largest absolute Gasteiger partial charge is 0.455 e. The van der Waals surface area contributed by atoms with Crippen molar-refractivity contribution in [3.05, 3.63) is 101 Å². The van der Waals surface area contributed by atoms with Gasteiger partial charge in [0, 0.05) is 11.3 Å². The topological polar surface area (TPSA) is 98.5 Å². The fourth-order valence-electron chi connectivity index (χ4n) is 3.09. The number of aryl methyl sites for hydroxylation is 2. The van der Waals surface area contributed by atoms with Gasteiger partial charge in [0.2, 0.25) is 5.89 Å². The Morgan fingerprint density at radius 1 is 0.939 bits per heavy atom. The minimum absolute atomic E-state index is 0.0412. The number of hydrogen-bond acceptors (Lipinski definition) is 6. The number of oxazole rings is 1. The molecule has 168 valence electrons. The Balaban J connectivity index is 1.40. The molecule has 4 aromatic rings. The van der Waals surface area contributed by atoms with Gasteiger partial charge in [-0.2, -0.15) is 0 Å². The number of esters is 1. The van der Waals surface area contributed by atoms with Crippen LogP contribution in [0, 0.1) is 13.8 Å². The molecule has 0 aliphatic carbocycles. The second-order valence-electron chi connectivity index (χ2n) is 7.46. The average Bonchev–Trinajstić information content (AvgIpc) is 3.20. The summed E-state index contributed by atoms with van der Waals surface area (Å²) in [6.45, 7) is 3.61. The number of anilines is 1. The van der Waals surface area contributed by atoms with Crippen molar-refractivity contribution in [1.29, 1.82) is 0 Å². The number of rotatable bonds is 7. The van der Waals surface area contributed by atoms with Gasteiger partial charge >= 0.3 is 5.97 Å². The van der Waals surface area contributed by atoms with Gasteiger partial charge in [0.1, 0.15) is 18.1 Å². The molecule has 8 heteroatoms. The van der Waals surface area contributed by atoms with Gasteiger partial charge in [-0.3, -0.25) is 4.72 Å². The van der Waals surface area contributed by atoms with Crippen LogP contribution in [0.4, 0.5) is 5.69 Å². The van der Waals surface area contributed by atoms with Crippen LogP contribution in [0.3, 0.4) is 0 Å². The molecule has 0 radical (unpaired) electrons. The molecule has 1 aromatic heterocycles. The average molecular weight is 463 g/mol. The maximum Gasteiger partial charge on any atom is 0.338 e. The minimum atomic E-state index is -3.78. The second-order valence-corrected chi connectivity index (χ2v) is 9.14. The number of hydrogen-bond donors (Lipinski definition) is 1. The number of nitrogens with one attached hydrogen (secondary N) is 1. The van der Waals surface area contributed by atoms with Crippen molar-refractivity contribution in [2.75, 3.05) is 4.72 Å². The van der Waals surface area contributed by atoms with E-state index in [2.05, 4.69) is 9.71 Å². The molecular weight excluding hydrogens is 440 g/mol. The van der Waals surface area contributed by atoms with Gasteiger partial charge in [-0.15, -0.1) is 0 Å². The number of aromatic nitrogens is 1. The van der Waals surface area contributed by atoms with Crippen molar-refractivity contribution in [1.82, 2.24) is 4.98 Å². The fraction of sp³-hybridized carbons (Fsp3) is 0.120. The van der Waals surface area contributed by atoms with Gasteiger partial charge < -0.3 is 9.15 Å². The SMILES string of the molecule is Cc1ccc(NS(=O)(=O)c2ccc(C(=O)OCc3nc(-c4ccccc4)oc3C)cc2)cc1. The molecule has 0 aliphatic heterocycles. The molecule has 0 bridgehead atoms. The van der Waals surface area contributed by atoms with E-state index >= 15 is 0 Å². The molecule has 3 aromatic carbocycles. The predicted octanol–water partition coefficient (Wildman–Crippen LogP) is 5.12. The maximum absolute atomic E-state index is 12.6. The molecule has 0 spiro atoms. The van der Waals surface area contributed by atoms with Gasteiger partial charge in [0.25, 0.3) is 10.0 Å². The quantitative estimate of drug-likeness (QED) is 0.383. The summed E-state index contributed by atoms with van der Waals surface area (Å²) >= 11 is 0. The second kappa shape index (κ2) is 9.30. The van der Waals surface area contributed by atoms with Gasteiger partial charge in [-0.25, -0.2) is 18.2 Å². The molecule has 0 atom stereocenters. The fourth-order valence-corrected chi connectivity index (χ4v) is 4.15. The van der Waals surface area contributed by atoms with Crippen LogP contribution in [0.5, 0.6) is 0 Å². The lowest BCUT2D eigenvalue weighted by Crippen LogP contribution is -2.13. The minimum Gasteiger partial charge on any atom is -0.455 e. The number of benzene rings is 3. The standard InChI is InChI=1S/C25H22N2O5S/c1-17-8-12-21(13-9-17)27-33(29,30)22-14-10-20(11-15-22)25(28)31-16-23-18(2)32-24(26-23)19-6-4-3-5-7-19/h3-15,27H,16H2,1-2H3.